The van der Waals surface area contributed by atoms with E-state index in [9.17, 15) is 22.4 Å². The van der Waals surface area contributed by atoms with Crippen LogP contribution in [0.25, 0.3) is 0 Å². The zero-order valence-electron chi connectivity index (χ0n) is 18.7. The molecule has 32 heavy (non-hydrogen) atoms. The number of halogens is 4. The predicted octanol–water partition coefficient (Wildman–Crippen LogP) is 4.13. The highest BCUT2D eigenvalue weighted by molar-refractivity contribution is 6.62. The van der Waals surface area contributed by atoms with Crippen LogP contribution in [0.1, 0.15) is 52.9 Å². The molecule has 1 aromatic heterocycles. The van der Waals surface area contributed by atoms with Gasteiger partial charge in [-0.1, -0.05) is 17.3 Å². The van der Waals surface area contributed by atoms with Gasteiger partial charge in [0.2, 0.25) is 5.91 Å². The fourth-order valence-corrected chi connectivity index (χ4v) is 2.96. The molecule has 0 spiro atoms. The van der Waals surface area contributed by atoms with Crippen LogP contribution in [0.2, 0.25) is 0 Å². The Balaban J connectivity index is 1.67. The highest BCUT2D eigenvalue weighted by Crippen LogP contribution is 2.41. The van der Waals surface area contributed by atoms with Gasteiger partial charge in [0.25, 0.3) is 0 Å². The first-order valence-electron chi connectivity index (χ1n) is 10.0. The first-order chi connectivity index (χ1) is 14.5. The van der Waals surface area contributed by atoms with Gasteiger partial charge in [-0.3, -0.25) is 4.79 Å². The lowest BCUT2D eigenvalue weighted by atomic mass is 9.78. The van der Waals surface area contributed by atoms with Crippen LogP contribution in [-0.2, 0) is 25.9 Å². The number of hydrogen-bond donors (Lipinski definition) is 1. The molecule has 0 saturated carbocycles. The number of nitrogens with zero attached hydrogens (tertiary/aromatic N) is 1. The number of hydrogen-bond acceptors (Lipinski definition) is 5. The molecule has 0 unspecified atom stereocenters. The molecule has 1 N–H and O–H groups in total. The Morgan fingerprint density at radius 2 is 1.69 bits per heavy atom. The van der Waals surface area contributed by atoms with Crippen LogP contribution in [0.3, 0.4) is 0 Å². The van der Waals surface area contributed by atoms with Crippen molar-refractivity contribution < 1.29 is 36.2 Å². The maximum Gasteiger partial charge on any atom is 0.494 e. The Morgan fingerprint density at radius 1 is 1.09 bits per heavy atom. The van der Waals surface area contributed by atoms with Crippen molar-refractivity contribution in [2.75, 3.05) is 5.32 Å². The summed E-state index contributed by atoms with van der Waals surface area (Å²) in [7, 11) is -0.747. The van der Waals surface area contributed by atoms with Crippen LogP contribution in [0.15, 0.2) is 28.8 Å². The number of benzene rings is 1. The van der Waals surface area contributed by atoms with Crippen LogP contribution >= 0.6 is 0 Å². The molecule has 0 aliphatic carbocycles. The minimum absolute atomic E-state index is 0.0992. The minimum Gasteiger partial charge on any atom is -0.399 e. The van der Waals surface area contributed by atoms with Crippen molar-refractivity contribution in [1.29, 1.82) is 0 Å². The van der Waals surface area contributed by atoms with E-state index in [0.717, 1.165) is 19.9 Å². The average Bonchev–Trinajstić information content (AvgIpc) is 3.18. The predicted molar refractivity (Wildman–Crippen MR) is 110 cm³/mol. The van der Waals surface area contributed by atoms with Gasteiger partial charge in [-0.05, 0) is 58.6 Å². The van der Waals surface area contributed by atoms with Crippen molar-refractivity contribution in [2.24, 2.45) is 0 Å². The average molecular weight is 456 g/mol. The van der Waals surface area contributed by atoms with Gasteiger partial charge in [0.1, 0.15) is 11.2 Å². The molecule has 2 heterocycles. The Bertz CT molecular complexity index is 1000. The summed E-state index contributed by atoms with van der Waals surface area (Å²) in [6.45, 7) is 9.41. The van der Waals surface area contributed by atoms with Crippen LogP contribution in [0, 0.1) is 5.82 Å². The quantitative estimate of drug-likeness (QED) is 0.541. The monoisotopic (exact) mass is 456 g/mol. The van der Waals surface area contributed by atoms with Crippen LogP contribution in [0.4, 0.5) is 23.4 Å². The summed E-state index contributed by atoms with van der Waals surface area (Å²) in [5.41, 5.74) is -2.87. The molecule has 1 fully saturated rings. The smallest absolute Gasteiger partial charge is 0.399 e. The van der Waals surface area contributed by atoms with Crippen molar-refractivity contribution >= 4 is 24.3 Å². The fraction of sp³-hybridized carbons (Fsp3) is 0.524. The molecule has 6 nitrogen and oxygen atoms in total. The number of aromatic nitrogens is 1. The maximum absolute atomic E-state index is 14.6. The standard InChI is InChI=1S/C21H25BF4N2O4/c1-18(2,21(24,25)26)15-11-16(28-30-15)27-17(29)9-12-7-8-13(10-14(12)23)22-31-19(3,4)20(5,6)32-22/h7-8,10-11H,9H2,1-6H3,(H,27,28,29). The third kappa shape index (κ3) is 4.54. The fourth-order valence-electron chi connectivity index (χ4n) is 2.96. The zero-order chi connectivity index (χ0) is 24.1. The third-order valence-electron chi connectivity index (χ3n) is 6.06. The lowest BCUT2D eigenvalue weighted by Gasteiger charge is -2.32. The molecule has 0 radical (unpaired) electrons. The molecule has 3 rings (SSSR count). The first-order valence-corrected chi connectivity index (χ1v) is 10.0. The van der Waals surface area contributed by atoms with E-state index in [4.69, 9.17) is 13.8 Å². The van der Waals surface area contributed by atoms with E-state index in [1.165, 1.54) is 12.1 Å². The number of carbonyl (C=O) groups is 1. The molecular weight excluding hydrogens is 431 g/mol. The molecule has 174 valence electrons. The number of anilines is 1. The highest BCUT2D eigenvalue weighted by Gasteiger charge is 2.52. The lowest BCUT2D eigenvalue weighted by Crippen LogP contribution is -2.41. The molecule has 1 amide bonds. The van der Waals surface area contributed by atoms with Gasteiger partial charge >= 0.3 is 13.3 Å². The molecular formula is C21H25BF4N2O4. The van der Waals surface area contributed by atoms with Gasteiger partial charge in [-0.15, -0.1) is 0 Å². The van der Waals surface area contributed by atoms with Crippen LogP contribution in [-0.4, -0.2) is 35.6 Å². The molecule has 11 heteroatoms. The van der Waals surface area contributed by atoms with E-state index < -0.39 is 47.4 Å². The SMILES string of the molecule is CC1(C)OB(c2ccc(CC(=O)Nc3cc(C(C)(C)C(F)(F)F)on3)c(F)c2)OC1(C)C. The number of alkyl halides is 3. The third-order valence-corrected chi connectivity index (χ3v) is 6.06. The van der Waals surface area contributed by atoms with E-state index in [1.54, 1.807) is 6.07 Å². The normalized spacial score (nSPS) is 18.1. The number of rotatable bonds is 5. The van der Waals surface area contributed by atoms with Gasteiger partial charge in [-0.25, -0.2) is 4.39 Å². The molecule has 0 atom stereocenters. The van der Waals surface area contributed by atoms with E-state index in [-0.39, 0.29) is 17.8 Å². The molecule has 1 saturated heterocycles. The van der Waals surface area contributed by atoms with E-state index in [2.05, 4.69) is 10.5 Å². The van der Waals surface area contributed by atoms with Gasteiger partial charge < -0.3 is 19.1 Å². The van der Waals surface area contributed by atoms with Crippen molar-refractivity contribution in [1.82, 2.24) is 5.16 Å². The van der Waals surface area contributed by atoms with E-state index in [0.29, 0.717) is 5.46 Å². The van der Waals surface area contributed by atoms with E-state index in [1.807, 2.05) is 27.7 Å². The second-order valence-corrected chi connectivity index (χ2v) is 9.36. The van der Waals surface area contributed by atoms with Crippen molar-refractivity contribution in [3.05, 3.63) is 41.4 Å². The maximum atomic E-state index is 14.6. The van der Waals surface area contributed by atoms with Crippen LogP contribution < -0.4 is 10.8 Å². The second kappa shape index (κ2) is 7.88. The summed E-state index contributed by atoms with van der Waals surface area (Å²) >= 11 is 0. The first kappa shape index (κ1) is 24.3. The minimum atomic E-state index is -4.56. The molecule has 1 aliphatic rings. The Hall–Kier alpha value is -2.40. The Morgan fingerprint density at radius 3 is 2.22 bits per heavy atom. The largest absolute Gasteiger partial charge is 0.494 e. The Kier molecular flexibility index (Phi) is 5.97. The van der Waals surface area contributed by atoms with Gasteiger partial charge in [-0.2, -0.15) is 13.2 Å². The zero-order valence-corrected chi connectivity index (χ0v) is 18.7. The number of nitrogens with one attached hydrogen (secondary N) is 1. The summed E-state index contributed by atoms with van der Waals surface area (Å²) < 4.78 is 70.5. The van der Waals surface area contributed by atoms with Crippen molar-refractivity contribution in [3.63, 3.8) is 0 Å². The van der Waals surface area contributed by atoms with Gasteiger partial charge in [0, 0.05) is 6.07 Å². The lowest BCUT2D eigenvalue weighted by molar-refractivity contribution is -0.185. The highest BCUT2D eigenvalue weighted by atomic mass is 19.4. The van der Waals surface area contributed by atoms with Gasteiger partial charge in [0.05, 0.1) is 17.6 Å². The van der Waals surface area contributed by atoms with Crippen molar-refractivity contribution in [2.45, 2.75) is 70.8 Å². The molecule has 1 aromatic carbocycles. The summed E-state index contributed by atoms with van der Waals surface area (Å²) in [4.78, 5) is 12.3. The summed E-state index contributed by atoms with van der Waals surface area (Å²) in [6.07, 6.45) is -4.91. The molecule has 0 bridgehead atoms. The molecule has 2 aromatic rings. The number of amides is 1. The number of carbonyl (C=O) groups excluding carboxylic acids is 1. The summed E-state index contributed by atoms with van der Waals surface area (Å²) in [5.74, 6) is -1.92. The summed E-state index contributed by atoms with van der Waals surface area (Å²) in [6, 6.07) is 5.29. The van der Waals surface area contributed by atoms with Crippen molar-refractivity contribution in [3.8, 4) is 0 Å². The topological polar surface area (TPSA) is 73.6 Å². The Labute approximate surface area is 183 Å². The van der Waals surface area contributed by atoms with E-state index >= 15 is 0 Å². The second-order valence-electron chi connectivity index (χ2n) is 9.36. The molecule has 1 aliphatic heterocycles. The summed E-state index contributed by atoms with van der Waals surface area (Å²) in [5, 5.41) is 5.79. The van der Waals surface area contributed by atoms with Crippen LogP contribution in [0.5, 0.6) is 0 Å². The van der Waals surface area contributed by atoms with Gasteiger partial charge in [0.15, 0.2) is 11.6 Å².